The molecule has 5 aromatic rings. The molecule has 1 aromatic carbocycles. The Morgan fingerprint density at radius 3 is 2.50 bits per heavy atom. The van der Waals surface area contributed by atoms with E-state index in [0.717, 1.165) is 33.6 Å². The topological polar surface area (TPSA) is 103 Å². The van der Waals surface area contributed by atoms with Crippen LogP contribution in [0.3, 0.4) is 0 Å². The molecule has 7 nitrogen and oxygen atoms in total. The smallest absolute Gasteiger partial charge is 0.219 e. The summed E-state index contributed by atoms with van der Waals surface area (Å²) in [6.45, 7) is 3.90. The third-order valence-corrected chi connectivity index (χ3v) is 6.10. The van der Waals surface area contributed by atoms with Crippen LogP contribution in [0.5, 0.6) is 11.6 Å². The van der Waals surface area contributed by atoms with Crippen molar-refractivity contribution in [1.82, 2.24) is 19.5 Å². The van der Waals surface area contributed by atoms with Gasteiger partial charge in [0.1, 0.15) is 23.3 Å². The fourth-order valence-corrected chi connectivity index (χ4v) is 4.45. The highest BCUT2D eigenvalue weighted by molar-refractivity contribution is 6.10. The van der Waals surface area contributed by atoms with Crippen LogP contribution in [0.15, 0.2) is 60.9 Å². The predicted octanol–water partition coefficient (Wildman–Crippen LogP) is 5.54. The second kappa shape index (κ2) is 8.90. The molecule has 0 saturated heterocycles. The molecule has 0 aliphatic heterocycles. The van der Waals surface area contributed by atoms with Gasteiger partial charge in [0.15, 0.2) is 0 Å². The molecule has 5 rings (SSSR count). The largest absolute Gasteiger partial charge is 0.439 e. The molecular formula is C29H22N6O. The molecular weight excluding hydrogens is 448 g/mol. The molecule has 0 bridgehead atoms. The summed E-state index contributed by atoms with van der Waals surface area (Å²) in [6.07, 6.45) is 8.83. The van der Waals surface area contributed by atoms with Crippen molar-refractivity contribution in [3.8, 4) is 52.4 Å². The summed E-state index contributed by atoms with van der Waals surface area (Å²) < 4.78 is 7.91. The van der Waals surface area contributed by atoms with E-state index >= 15 is 0 Å². The molecule has 0 saturated carbocycles. The zero-order valence-corrected chi connectivity index (χ0v) is 20.1. The summed E-state index contributed by atoms with van der Waals surface area (Å²) in [5.41, 5.74) is 13.4. The minimum absolute atomic E-state index is 0.344. The first-order valence-corrected chi connectivity index (χ1v) is 11.2. The number of fused-ring (bicyclic) bond motifs is 1. The van der Waals surface area contributed by atoms with E-state index in [4.69, 9.17) is 16.9 Å². The van der Waals surface area contributed by atoms with Crippen LogP contribution in [0.1, 0.15) is 22.5 Å². The van der Waals surface area contributed by atoms with Crippen LogP contribution in [0, 0.1) is 37.5 Å². The molecule has 0 aliphatic rings. The second-order valence-corrected chi connectivity index (χ2v) is 8.45. The number of benzene rings is 1. The molecule has 0 fully saturated rings. The van der Waals surface area contributed by atoms with Crippen LogP contribution < -0.4 is 10.5 Å². The third-order valence-electron chi connectivity index (χ3n) is 6.10. The number of hydrogen-bond donors (Lipinski definition) is 1. The lowest BCUT2D eigenvalue weighted by Crippen LogP contribution is -1.98. The first-order valence-electron chi connectivity index (χ1n) is 11.2. The summed E-state index contributed by atoms with van der Waals surface area (Å²) in [5.74, 6) is 4.10. The van der Waals surface area contributed by atoms with Crippen LogP contribution in [-0.4, -0.2) is 19.5 Å². The highest BCUT2D eigenvalue weighted by Crippen LogP contribution is 2.44. The van der Waals surface area contributed by atoms with Gasteiger partial charge in [-0.25, -0.2) is 15.0 Å². The number of nitrogens with two attached hydrogens (primary N) is 1. The Kier molecular flexibility index (Phi) is 5.60. The normalized spacial score (nSPS) is 10.7. The summed E-state index contributed by atoms with van der Waals surface area (Å²) >= 11 is 0. The summed E-state index contributed by atoms with van der Waals surface area (Å²) in [4.78, 5) is 13.1. The van der Waals surface area contributed by atoms with E-state index in [-0.39, 0.29) is 0 Å². The monoisotopic (exact) mass is 470 g/mol. The predicted molar refractivity (Wildman–Crippen MR) is 140 cm³/mol. The number of nitrogen functional groups attached to an aromatic ring is 1. The van der Waals surface area contributed by atoms with Gasteiger partial charge in [-0.2, -0.15) is 5.26 Å². The number of ether oxygens (including phenoxy) is 1. The van der Waals surface area contributed by atoms with E-state index in [1.165, 1.54) is 6.20 Å². The van der Waals surface area contributed by atoms with Crippen molar-refractivity contribution >= 4 is 16.7 Å². The second-order valence-electron chi connectivity index (χ2n) is 8.45. The number of aromatic nitrogens is 4. The first kappa shape index (κ1) is 22.6. The van der Waals surface area contributed by atoms with Gasteiger partial charge in [-0.05, 0) is 49.2 Å². The van der Waals surface area contributed by atoms with Gasteiger partial charge in [0.2, 0.25) is 5.88 Å². The third kappa shape index (κ3) is 3.79. The zero-order valence-electron chi connectivity index (χ0n) is 20.1. The number of hydrogen-bond acceptors (Lipinski definition) is 6. The zero-order chi connectivity index (χ0) is 25.4. The number of nitrogens with zero attached hydrogens (tertiary/aromatic N) is 5. The minimum Gasteiger partial charge on any atom is -0.439 e. The highest BCUT2D eigenvalue weighted by atomic mass is 16.5. The summed E-state index contributed by atoms with van der Waals surface area (Å²) in [5, 5.41) is 10.5. The SMILES string of the molecule is C#Cc1cc(C)c(-c2c(-c3ccc(Oc4cccc(C)n4)cc3)c3c(N)ncc(C#N)c3n2C)cn1. The van der Waals surface area contributed by atoms with Crippen molar-refractivity contribution < 1.29 is 4.74 Å². The maximum Gasteiger partial charge on any atom is 0.219 e. The molecule has 174 valence electrons. The molecule has 0 amide bonds. The Labute approximate surface area is 208 Å². The van der Waals surface area contributed by atoms with E-state index in [1.54, 1.807) is 6.20 Å². The molecule has 4 aromatic heterocycles. The van der Waals surface area contributed by atoms with Gasteiger partial charge in [-0.15, -0.1) is 6.42 Å². The van der Waals surface area contributed by atoms with Crippen LogP contribution in [0.25, 0.3) is 33.3 Å². The fraction of sp³-hybridized carbons (Fsp3) is 0.103. The maximum atomic E-state index is 9.81. The van der Waals surface area contributed by atoms with E-state index in [0.29, 0.717) is 39.6 Å². The van der Waals surface area contributed by atoms with E-state index in [2.05, 4.69) is 26.9 Å². The molecule has 0 radical (unpaired) electrons. The maximum absolute atomic E-state index is 9.81. The average molecular weight is 471 g/mol. The first-order chi connectivity index (χ1) is 17.4. The number of rotatable bonds is 4. The molecule has 0 spiro atoms. The lowest BCUT2D eigenvalue weighted by atomic mass is 9.96. The van der Waals surface area contributed by atoms with Gasteiger partial charge >= 0.3 is 0 Å². The summed E-state index contributed by atoms with van der Waals surface area (Å²) in [6, 6.07) is 17.4. The van der Waals surface area contributed by atoms with Gasteiger partial charge in [0.05, 0.1) is 22.2 Å². The Balaban J connectivity index is 1.73. The number of aryl methyl sites for hydroxylation is 3. The molecule has 0 unspecified atom stereocenters. The Hall–Kier alpha value is -5.14. The lowest BCUT2D eigenvalue weighted by Gasteiger charge is -2.12. The fourth-order valence-electron chi connectivity index (χ4n) is 4.45. The van der Waals surface area contributed by atoms with Crippen molar-refractivity contribution in [2.75, 3.05) is 5.73 Å². The van der Waals surface area contributed by atoms with Crippen LogP contribution in [0.4, 0.5) is 5.82 Å². The van der Waals surface area contributed by atoms with Crippen LogP contribution in [0.2, 0.25) is 0 Å². The number of nitriles is 1. The number of terminal acetylenes is 1. The van der Waals surface area contributed by atoms with Crippen molar-refractivity contribution in [2.24, 2.45) is 7.05 Å². The number of anilines is 1. The van der Waals surface area contributed by atoms with Crippen molar-refractivity contribution in [3.63, 3.8) is 0 Å². The molecule has 2 N–H and O–H groups in total. The lowest BCUT2D eigenvalue weighted by molar-refractivity contribution is 0.462. The molecule has 7 heteroatoms. The molecule has 0 aliphatic carbocycles. The van der Waals surface area contributed by atoms with E-state index < -0.39 is 0 Å². The molecule has 0 atom stereocenters. The van der Waals surface area contributed by atoms with Crippen LogP contribution >= 0.6 is 0 Å². The Bertz CT molecular complexity index is 1720. The van der Waals surface area contributed by atoms with Gasteiger partial charge < -0.3 is 15.0 Å². The van der Waals surface area contributed by atoms with Gasteiger partial charge in [-0.1, -0.05) is 24.1 Å². The van der Waals surface area contributed by atoms with Crippen molar-refractivity contribution in [1.29, 1.82) is 5.26 Å². The Morgan fingerprint density at radius 2 is 1.83 bits per heavy atom. The van der Waals surface area contributed by atoms with Crippen molar-refractivity contribution in [2.45, 2.75) is 13.8 Å². The summed E-state index contributed by atoms with van der Waals surface area (Å²) in [7, 11) is 1.91. The average Bonchev–Trinajstić information content (AvgIpc) is 3.18. The Morgan fingerprint density at radius 1 is 1.06 bits per heavy atom. The van der Waals surface area contributed by atoms with Gasteiger partial charge in [0.25, 0.3) is 0 Å². The molecule has 4 heterocycles. The van der Waals surface area contributed by atoms with Crippen LogP contribution in [-0.2, 0) is 7.05 Å². The van der Waals surface area contributed by atoms with E-state index in [1.807, 2.05) is 74.0 Å². The number of pyridine rings is 3. The quantitative estimate of drug-likeness (QED) is 0.346. The van der Waals surface area contributed by atoms with Gasteiger partial charge in [-0.3, -0.25) is 0 Å². The van der Waals surface area contributed by atoms with Gasteiger partial charge in [0, 0.05) is 42.3 Å². The minimum atomic E-state index is 0.344. The standard InChI is InChI=1S/C29H22N6O/c1-5-21-13-17(2)23(16-32-21)28-25(26-27(35(28)4)20(14-30)15-33-29(26)31)19-9-11-22(12-10-19)36-24-8-6-7-18(3)34-24/h1,6-13,15-16H,2-4H3,(H2,31,33). The van der Waals surface area contributed by atoms with Crippen molar-refractivity contribution in [3.05, 3.63) is 83.4 Å². The highest BCUT2D eigenvalue weighted by Gasteiger charge is 2.24. The van der Waals surface area contributed by atoms with E-state index in [9.17, 15) is 5.26 Å². The molecule has 36 heavy (non-hydrogen) atoms.